The Kier molecular flexibility index (Phi) is 6.52. The first-order valence-electron chi connectivity index (χ1n) is 11.8. The molecular weight excluding hydrogens is 472 g/mol. The van der Waals surface area contributed by atoms with Crippen molar-refractivity contribution < 1.29 is 14.3 Å². The lowest BCUT2D eigenvalue weighted by atomic mass is 10.1. The molecule has 0 bridgehead atoms. The van der Waals surface area contributed by atoms with Gasteiger partial charge in [-0.3, -0.25) is 19.5 Å². The molecule has 4 aromatic rings. The second kappa shape index (κ2) is 9.91. The lowest BCUT2D eigenvalue weighted by Gasteiger charge is -2.34. The van der Waals surface area contributed by atoms with E-state index in [0.29, 0.717) is 17.9 Å². The SMILES string of the molecule is CCC1Oc2ccc(-c3csc(-c4ccccn4)n3)cc2N(CC(=O)Nc2c(C)cccc2C)C1=O. The van der Waals surface area contributed by atoms with E-state index in [1.54, 1.807) is 6.20 Å². The summed E-state index contributed by atoms with van der Waals surface area (Å²) < 4.78 is 5.98. The van der Waals surface area contributed by atoms with E-state index in [9.17, 15) is 9.59 Å². The van der Waals surface area contributed by atoms with E-state index in [0.717, 1.165) is 38.8 Å². The standard InChI is InChI=1S/C28H26N4O3S/c1-4-23-28(34)32(15-25(33)31-26-17(2)8-7-9-18(26)3)22-14-19(11-12-24(22)35-23)21-16-36-27(30-21)20-10-5-6-13-29-20/h5-14,16,23H,4,15H2,1-3H3,(H,31,33). The Hall–Kier alpha value is -4.04. The van der Waals surface area contributed by atoms with Gasteiger partial charge in [-0.25, -0.2) is 4.98 Å². The topological polar surface area (TPSA) is 84.4 Å². The maximum atomic E-state index is 13.3. The van der Waals surface area contributed by atoms with Crippen LogP contribution in [-0.2, 0) is 9.59 Å². The Morgan fingerprint density at radius 2 is 1.89 bits per heavy atom. The number of hydrogen-bond acceptors (Lipinski definition) is 6. The molecule has 0 fully saturated rings. The number of hydrogen-bond donors (Lipinski definition) is 1. The zero-order valence-corrected chi connectivity index (χ0v) is 21.1. The van der Waals surface area contributed by atoms with Gasteiger partial charge in [0.05, 0.1) is 17.1 Å². The molecule has 1 aliphatic heterocycles. The first kappa shape index (κ1) is 23.7. The molecule has 7 nitrogen and oxygen atoms in total. The molecule has 0 saturated carbocycles. The summed E-state index contributed by atoms with van der Waals surface area (Å²) in [4.78, 5) is 37.0. The summed E-state index contributed by atoms with van der Waals surface area (Å²) in [5, 5.41) is 5.76. The maximum Gasteiger partial charge on any atom is 0.268 e. The second-order valence-electron chi connectivity index (χ2n) is 8.69. The van der Waals surface area contributed by atoms with Gasteiger partial charge in [-0.15, -0.1) is 11.3 Å². The van der Waals surface area contributed by atoms with Crippen LogP contribution in [0, 0.1) is 13.8 Å². The summed E-state index contributed by atoms with van der Waals surface area (Å²) in [5.74, 6) is 0.0801. The van der Waals surface area contributed by atoms with Crippen molar-refractivity contribution in [3.8, 4) is 27.7 Å². The number of nitrogens with one attached hydrogen (secondary N) is 1. The predicted octanol–water partition coefficient (Wildman–Crippen LogP) is 5.63. The fourth-order valence-corrected chi connectivity index (χ4v) is 5.06. The number of pyridine rings is 1. The van der Waals surface area contributed by atoms with Crippen LogP contribution in [0.5, 0.6) is 5.75 Å². The first-order valence-corrected chi connectivity index (χ1v) is 12.7. The molecule has 2 amide bonds. The van der Waals surface area contributed by atoms with Crippen LogP contribution in [0.15, 0.2) is 66.2 Å². The van der Waals surface area contributed by atoms with Gasteiger partial charge in [-0.1, -0.05) is 31.2 Å². The van der Waals surface area contributed by atoms with Gasteiger partial charge in [0.15, 0.2) is 6.10 Å². The summed E-state index contributed by atoms with van der Waals surface area (Å²) in [5.41, 5.74) is 5.68. The smallest absolute Gasteiger partial charge is 0.268 e. The van der Waals surface area contributed by atoms with Gasteiger partial charge in [0.1, 0.15) is 17.3 Å². The van der Waals surface area contributed by atoms with Crippen molar-refractivity contribution in [3.05, 3.63) is 77.3 Å². The lowest BCUT2D eigenvalue weighted by Crippen LogP contribution is -2.48. The van der Waals surface area contributed by atoms with E-state index in [2.05, 4.69) is 10.3 Å². The minimum atomic E-state index is -0.633. The zero-order chi connectivity index (χ0) is 25.2. The van der Waals surface area contributed by atoms with Crippen LogP contribution in [-0.4, -0.2) is 34.4 Å². The fraction of sp³-hybridized carbons (Fsp3) is 0.214. The fourth-order valence-electron chi connectivity index (χ4n) is 4.25. The summed E-state index contributed by atoms with van der Waals surface area (Å²) in [6.45, 7) is 5.68. The van der Waals surface area contributed by atoms with Gasteiger partial charge >= 0.3 is 0 Å². The number of amides is 2. The zero-order valence-electron chi connectivity index (χ0n) is 20.3. The normalized spacial score (nSPS) is 14.8. The van der Waals surface area contributed by atoms with Crippen LogP contribution < -0.4 is 15.0 Å². The van der Waals surface area contributed by atoms with Crippen LogP contribution in [0.2, 0.25) is 0 Å². The predicted molar refractivity (Wildman–Crippen MR) is 142 cm³/mol. The molecular formula is C28H26N4O3S. The quantitative estimate of drug-likeness (QED) is 0.372. The summed E-state index contributed by atoms with van der Waals surface area (Å²) in [6.07, 6.45) is 1.62. The van der Waals surface area contributed by atoms with Crippen molar-refractivity contribution in [3.63, 3.8) is 0 Å². The summed E-state index contributed by atoms with van der Waals surface area (Å²) in [7, 11) is 0. The first-order chi connectivity index (χ1) is 17.4. The summed E-state index contributed by atoms with van der Waals surface area (Å²) in [6, 6.07) is 17.2. The van der Waals surface area contributed by atoms with E-state index in [1.807, 2.05) is 80.7 Å². The monoisotopic (exact) mass is 498 g/mol. The highest BCUT2D eigenvalue weighted by molar-refractivity contribution is 7.13. The molecule has 1 aliphatic rings. The molecule has 0 saturated heterocycles. The van der Waals surface area contributed by atoms with Gasteiger partial charge in [0, 0.05) is 22.8 Å². The van der Waals surface area contributed by atoms with E-state index in [-0.39, 0.29) is 18.4 Å². The molecule has 8 heteroatoms. The number of benzene rings is 2. The van der Waals surface area contributed by atoms with Crippen molar-refractivity contribution in [1.29, 1.82) is 0 Å². The molecule has 1 unspecified atom stereocenters. The van der Waals surface area contributed by atoms with E-state index in [1.165, 1.54) is 16.2 Å². The molecule has 2 aromatic heterocycles. The van der Waals surface area contributed by atoms with Crippen molar-refractivity contribution in [1.82, 2.24) is 9.97 Å². The van der Waals surface area contributed by atoms with Crippen molar-refractivity contribution in [2.45, 2.75) is 33.3 Å². The molecule has 0 aliphatic carbocycles. The van der Waals surface area contributed by atoms with Gasteiger partial charge in [0.2, 0.25) is 5.91 Å². The Labute approximate surface area is 213 Å². The molecule has 0 radical (unpaired) electrons. The molecule has 1 atom stereocenters. The third-order valence-electron chi connectivity index (χ3n) is 6.16. The molecule has 1 N–H and O–H groups in total. The summed E-state index contributed by atoms with van der Waals surface area (Å²) >= 11 is 1.51. The number of rotatable bonds is 6. The Morgan fingerprint density at radius 1 is 1.08 bits per heavy atom. The van der Waals surface area contributed by atoms with Gasteiger partial charge in [-0.05, 0) is 61.7 Å². The highest BCUT2D eigenvalue weighted by Crippen LogP contribution is 2.39. The van der Waals surface area contributed by atoms with Gasteiger partial charge in [-0.2, -0.15) is 0 Å². The Bertz CT molecular complexity index is 1410. The average molecular weight is 499 g/mol. The van der Waals surface area contributed by atoms with Crippen LogP contribution in [0.25, 0.3) is 22.0 Å². The highest BCUT2D eigenvalue weighted by atomic mass is 32.1. The highest BCUT2D eigenvalue weighted by Gasteiger charge is 2.35. The van der Waals surface area contributed by atoms with E-state index in [4.69, 9.17) is 9.72 Å². The largest absolute Gasteiger partial charge is 0.478 e. The molecule has 36 heavy (non-hydrogen) atoms. The average Bonchev–Trinajstić information content (AvgIpc) is 3.38. The molecule has 0 spiro atoms. The molecule has 2 aromatic carbocycles. The van der Waals surface area contributed by atoms with Crippen molar-refractivity contribution in [2.24, 2.45) is 0 Å². The lowest BCUT2D eigenvalue weighted by molar-refractivity contribution is -0.128. The number of ether oxygens (including phenoxy) is 1. The van der Waals surface area contributed by atoms with E-state index >= 15 is 0 Å². The number of aryl methyl sites for hydroxylation is 2. The van der Waals surface area contributed by atoms with Crippen LogP contribution in [0.3, 0.4) is 0 Å². The Morgan fingerprint density at radius 3 is 2.61 bits per heavy atom. The number of thiazole rings is 1. The van der Waals surface area contributed by atoms with Crippen molar-refractivity contribution in [2.75, 3.05) is 16.8 Å². The van der Waals surface area contributed by atoms with Gasteiger partial charge in [0.25, 0.3) is 5.91 Å². The van der Waals surface area contributed by atoms with Crippen molar-refractivity contribution >= 4 is 34.5 Å². The van der Waals surface area contributed by atoms with Crippen LogP contribution >= 0.6 is 11.3 Å². The number of aromatic nitrogens is 2. The maximum absolute atomic E-state index is 13.3. The number of carbonyl (C=O) groups excluding carboxylic acids is 2. The van der Waals surface area contributed by atoms with Gasteiger partial charge < -0.3 is 10.1 Å². The number of fused-ring (bicyclic) bond motifs is 1. The third kappa shape index (κ3) is 4.59. The number of nitrogens with zero attached hydrogens (tertiary/aromatic N) is 3. The Balaban J connectivity index is 1.45. The van der Waals surface area contributed by atoms with E-state index < -0.39 is 6.10 Å². The number of anilines is 2. The third-order valence-corrected chi connectivity index (χ3v) is 7.03. The molecule has 182 valence electrons. The molecule has 3 heterocycles. The van der Waals surface area contributed by atoms with Crippen LogP contribution in [0.1, 0.15) is 24.5 Å². The minimum absolute atomic E-state index is 0.112. The second-order valence-corrected chi connectivity index (χ2v) is 9.55. The molecule has 5 rings (SSSR count). The number of para-hydroxylation sites is 1. The van der Waals surface area contributed by atoms with Crippen LogP contribution in [0.4, 0.5) is 11.4 Å². The minimum Gasteiger partial charge on any atom is -0.478 e. The number of carbonyl (C=O) groups is 2.